The Morgan fingerprint density at radius 2 is 1.58 bits per heavy atom. The Morgan fingerprint density at radius 3 is 2.15 bits per heavy atom. The number of hydrogen-bond donors (Lipinski definition) is 0. The summed E-state index contributed by atoms with van der Waals surface area (Å²) in [6.07, 6.45) is 0. The first-order valence-corrected chi connectivity index (χ1v) is 7.81. The molecule has 0 atom stereocenters. The number of piperazine rings is 1. The van der Waals surface area contributed by atoms with Gasteiger partial charge in [-0.1, -0.05) is 18.2 Å². The number of rotatable bonds is 3. The molecule has 6 nitrogen and oxygen atoms in total. The predicted molar refractivity (Wildman–Crippen MR) is 87.5 cm³/mol. The van der Waals surface area contributed by atoms with E-state index in [4.69, 9.17) is 0 Å². The Kier molecular flexibility index (Phi) is 4.79. The zero-order valence-corrected chi connectivity index (χ0v) is 13.5. The van der Waals surface area contributed by atoms with E-state index in [0.717, 1.165) is 5.69 Å². The van der Waals surface area contributed by atoms with E-state index in [0.29, 0.717) is 19.2 Å². The average Bonchev–Trinajstić information content (AvgIpc) is 2.66. The molecule has 2 aromatic rings. The zero-order valence-electron chi connectivity index (χ0n) is 13.5. The summed E-state index contributed by atoms with van der Waals surface area (Å²) in [5.41, 5.74) is -1.15. The number of nitrogens with zero attached hydrogens (tertiary/aromatic N) is 3. The number of carbonyl (C=O) groups is 1. The molecular formula is C17H14F3N3O3. The van der Waals surface area contributed by atoms with Crippen molar-refractivity contribution in [2.75, 3.05) is 31.1 Å². The van der Waals surface area contributed by atoms with E-state index in [1.54, 1.807) is 0 Å². The molecule has 26 heavy (non-hydrogen) atoms. The second kappa shape index (κ2) is 7.03. The Bertz CT molecular complexity index is 853. The molecule has 2 aromatic carbocycles. The molecule has 1 fully saturated rings. The van der Waals surface area contributed by atoms with Gasteiger partial charge in [0.1, 0.15) is 0 Å². The van der Waals surface area contributed by atoms with Crippen molar-refractivity contribution in [1.29, 1.82) is 0 Å². The predicted octanol–water partition coefficient (Wildman–Crippen LogP) is 2.97. The third-order valence-corrected chi connectivity index (χ3v) is 4.24. The van der Waals surface area contributed by atoms with Crippen molar-refractivity contribution in [2.45, 2.75) is 0 Å². The summed E-state index contributed by atoms with van der Waals surface area (Å²) < 4.78 is 41.0. The number of halogens is 3. The smallest absolute Gasteiger partial charge is 0.308 e. The van der Waals surface area contributed by atoms with Crippen molar-refractivity contribution in [1.82, 2.24) is 4.90 Å². The fourth-order valence-electron chi connectivity index (χ4n) is 2.86. The summed E-state index contributed by atoms with van der Waals surface area (Å²) >= 11 is 0. The molecule has 136 valence electrons. The standard InChI is InChI=1S/C17H14F3N3O3/c18-14-12(10-13(23(25)26)15(19)16(14)20)17(24)22-8-6-21(7-9-22)11-4-2-1-3-5-11/h1-5,10H,6-9H2. The van der Waals surface area contributed by atoms with Gasteiger partial charge >= 0.3 is 5.69 Å². The highest BCUT2D eigenvalue weighted by Crippen LogP contribution is 2.27. The van der Waals surface area contributed by atoms with Gasteiger partial charge in [0.2, 0.25) is 11.6 Å². The molecule has 0 spiro atoms. The Hall–Kier alpha value is -3.10. The monoisotopic (exact) mass is 365 g/mol. The van der Waals surface area contributed by atoms with Crippen LogP contribution in [0.2, 0.25) is 0 Å². The summed E-state index contributed by atoms with van der Waals surface area (Å²) in [7, 11) is 0. The molecule has 0 saturated carbocycles. The normalized spacial score (nSPS) is 14.4. The molecular weight excluding hydrogens is 351 g/mol. The van der Waals surface area contributed by atoms with Crippen LogP contribution in [0.4, 0.5) is 24.5 Å². The minimum absolute atomic E-state index is 0.222. The lowest BCUT2D eigenvalue weighted by Gasteiger charge is -2.36. The van der Waals surface area contributed by atoms with Gasteiger partial charge in [0.15, 0.2) is 5.82 Å². The molecule has 9 heteroatoms. The second-order valence-corrected chi connectivity index (χ2v) is 5.76. The molecule has 0 N–H and O–H groups in total. The van der Waals surface area contributed by atoms with E-state index >= 15 is 0 Å². The SMILES string of the molecule is O=C(c1cc([N+](=O)[O-])c(F)c(F)c1F)N1CCN(c2ccccc2)CC1. The molecule has 0 unspecified atom stereocenters. The first-order valence-electron chi connectivity index (χ1n) is 7.81. The second-order valence-electron chi connectivity index (χ2n) is 5.76. The molecule has 1 aliphatic heterocycles. The number of anilines is 1. The van der Waals surface area contributed by atoms with E-state index in [2.05, 4.69) is 0 Å². The average molecular weight is 365 g/mol. The molecule has 3 rings (SSSR count). The fourth-order valence-corrected chi connectivity index (χ4v) is 2.86. The van der Waals surface area contributed by atoms with Gasteiger partial charge in [-0.25, -0.2) is 8.78 Å². The quantitative estimate of drug-likeness (QED) is 0.477. The van der Waals surface area contributed by atoms with Gasteiger partial charge in [-0.15, -0.1) is 0 Å². The molecule has 0 bridgehead atoms. The van der Waals surface area contributed by atoms with Gasteiger partial charge in [0.25, 0.3) is 5.91 Å². The number of amides is 1. The van der Waals surface area contributed by atoms with E-state index < -0.39 is 39.5 Å². The number of hydrogen-bond acceptors (Lipinski definition) is 4. The first kappa shape index (κ1) is 17.7. The van der Waals surface area contributed by atoms with Crippen LogP contribution in [0, 0.1) is 27.6 Å². The van der Waals surface area contributed by atoms with Crippen LogP contribution in [-0.2, 0) is 0 Å². The van der Waals surface area contributed by atoms with E-state index in [9.17, 15) is 28.1 Å². The largest absolute Gasteiger partial charge is 0.368 e. The Morgan fingerprint density at radius 1 is 0.962 bits per heavy atom. The highest BCUT2D eigenvalue weighted by molar-refractivity contribution is 5.95. The van der Waals surface area contributed by atoms with Crippen molar-refractivity contribution >= 4 is 17.3 Å². The lowest BCUT2D eigenvalue weighted by Crippen LogP contribution is -2.49. The van der Waals surface area contributed by atoms with Gasteiger partial charge in [0.05, 0.1) is 10.5 Å². The van der Waals surface area contributed by atoms with E-state index in [1.165, 1.54) is 4.90 Å². The van der Waals surface area contributed by atoms with Crippen molar-refractivity contribution < 1.29 is 22.9 Å². The highest BCUT2D eigenvalue weighted by atomic mass is 19.2. The van der Waals surface area contributed by atoms with Gasteiger partial charge in [-0.05, 0) is 12.1 Å². The van der Waals surface area contributed by atoms with Crippen LogP contribution in [0.1, 0.15) is 10.4 Å². The summed E-state index contributed by atoms with van der Waals surface area (Å²) in [6.45, 7) is 1.37. The third kappa shape index (κ3) is 3.19. The molecule has 0 aromatic heterocycles. The Balaban J connectivity index is 1.80. The van der Waals surface area contributed by atoms with Crippen LogP contribution in [0.25, 0.3) is 0 Å². The molecule has 0 radical (unpaired) electrons. The maximum atomic E-state index is 14.0. The molecule has 0 aliphatic carbocycles. The van der Waals surface area contributed by atoms with E-state index in [-0.39, 0.29) is 13.1 Å². The fraction of sp³-hybridized carbons (Fsp3) is 0.235. The Labute approximate surface area is 146 Å². The lowest BCUT2D eigenvalue weighted by atomic mass is 10.1. The van der Waals surface area contributed by atoms with Crippen molar-refractivity contribution in [3.05, 3.63) is 69.5 Å². The first-order chi connectivity index (χ1) is 12.4. The minimum Gasteiger partial charge on any atom is -0.368 e. The number of benzene rings is 2. The van der Waals surface area contributed by atoms with Gasteiger partial charge in [-0.3, -0.25) is 14.9 Å². The minimum atomic E-state index is -2.02. The summed E-state index contributed by atoms with van der Waals surface area (Å²) in [6, 6.07) is 9.90. The van der Waals surface area contributed by atoms with Crippen LogP contribution in [0.15, 0.2) is 36.4 Å². The molecule has 1 saturated heterocycles. The number of nitro groups is 1. The number of nitro benzene ring substituents is 1. The van der Waals surface area contributed by atoms with Crippen molar-refractivity contribution in [2.24, 2.45) is 0 Å². The van der Waals surface area contributed by atoms with E-state index in [1.807, 2.05) is 35.2 Å². The zero-order chi connectivity index (χ0) is 18.8. The number of para-hydroxylation sites is 1. The van der Waals surface area contributed by atoms with Crippen LogP contribution in [0.3, 0.4) is 0 Å². The maximum Gasteiger partial charge on any atom is 0.308 e. The summed E-state index contributed by atoms with van der Waals surface area (Å²) in [4.78, 5) is 25.3. The van der Waals surface area contributed by atoms with Gasteiger partial charge in [-0.2, -0.15) is 4.39 Å². The molecule has 1 heterocycles. The maximum absolute atomic E-state index is 14.0. The third-order valence-electron chi connectivity index (χ3n) is 4.24. The van der Waals surface area contributed by atoms with Crippen LogP contribution < -0.4 is 4.90 Å². The molecule has 1 aliphatic rings. The summed E-state index contributed by atoms with van der Waals surface area (Å²) in [5, 5.41) is 10.8. The highest BCUT2D eigenvalue weighted by Gasteiger charge is 2.31. The lowest BCUT2D eigenvalue weighted by molar-refractivity contribution is -0.387. The van der Waals surface area contributed by atoms with Crippen molar-refractivity contribution in [3.63, 3.8) is 0 Å². The van der Waals surface area contributed by atoms with Gasteiger partial charge in [0, 0.05) is 37.9 Å². The van der Waals surface area contributed by atoms with Crippen LogP contribution in [0.5, 0.6) is 0 Å². The molecule has 1 amide bonds. The van der Waals surface area contributed by atoms with Crippen LogP contribution >= 0.6 is 0 Å². The number of carbonyl (C=O) groups excluding carboxylic acids is 1. The van der Waals surface area contributed by atoms with Crippen molar-refractivity contribution in [3.8, 4) is 0 Å². The summed E-state index contributed by atoms with van der Waals surface area (Å²) in [5.74, 6) is -6.57. The topological polar surface area (TPSA) is 66.7 Å². The van der Waals surface area contributed by atoms with Crippen LogP contribution in [-0.4, -0.2) is 41.9 Å². The van der Waals surface area contributed by atoms with Gasteiger partial charge < -0.3 is 9.80 Å².